The van der Waals surface area contributed by atoms with E-state index >= 15 is 0 Å². The molecule has 0 fully saturated rings. The molecular weight excluding hydrogens is 372 g/mol. The minimum Gasteiger partial charge on any atom is -0.493 e. The van der Waals surface area contributed by atoms with E-state index in [-0.39, 0.29) is 36.0 Å². The lowest BCUT2D eigenvalue weighted by molar-refractivity contribution is -0.139. The Hall–Kier alpha value is -3.21. The molecule has 11 nitrogen and oxygen atoms in total. The number of guanidine groups is 1. The first-order valence-corrected chi connectivity index (χ1v) is 8.17. The number of nitrogens with one attached hydrogen (secondary N) is 1. The van der Waals surface area contributed by atoms with Crippen molar-refractivity contribution in [3.63, 3.8) is 0 Å². The normalized spacial score (nSPS) is 10.6. The molecule has 0 heterocycles. The van der Waals surface area contributed by atoms with Crippen LogP contribution in [0.4, 0.5) is 0 Å². The average molecular weight is 400 g/mol. The first-order chi connectivity index (χ1) is 13.3. The Morgan fingerprint density at radius 2 is 1.64 bits per heavy atom. The van der Waals surface area contributed by atoms with Gasteiger partial charge in [0.2, 0.25) is 5.75 Å². The number of hydrogen-bond donors (Lipinski definition) is 5. The maximum absolute atomic E-state index is 12.4. The highest BCUT2D eigenvalue weighted by Gasteiger charge is 2.22. The van der Waals surface area contributed by atoms with E-state index < -0.39 is 17.9 Å². The van der Waals surface area contributed by atoms with Gasteiger partial charge in [-0.2, -0.15) is 0 Å². The first-order valence-electron chi connectivity index (χ1n) is 8.17. The van der Waals surface area contributed by atoms with E-state index in [4.69, 9.17) is 30.8 Å². The third kappa shape index (κ3) is 7.58. The van der Waals surface area contributed by atoms with Gasteiger partial charge in [0.1, 0.15) is 6.04 Å². The van der Waals surface area contributed by atoms with Crippen LogP contribution < -0.4 is 31.0 Å². The molecule has 1 unspecified atom stereocenters. The van der Waals surface area contributed by atoms with Crippen LogP contribution in [0.2, 0.25) is 0 Å². The molecule has 0 radical (unpaired) electrons. The minimum atomic E-state index is -1.16. The second-order valence-electron chi connectivity index (χ2n) is 5.23. The molecular formula is C17H28N4O7. The van der Waals surface area contributed by atoms with Gasteiger partial charge in [0.25, 0.3) is 5.91 Å². The Labute approximate surface area is 163 Å². The fourth-order valence-electron chi connectivity index (χ4n) is 2.21. The molecule has 0 aromatic heterocycles. The van der Waals surface area contributed by atoms with Crippen LogP contribution in [0.25, 0.3) is 0 Å². The third-order valence-corrected chi connectivity index (χ3v) is 3.48. The second-order valence-corrected chi connectivity index (χ2v) is 5.23. The molecule has 158 valence electrons. The molecule has 11 heteroatoms. The number of rotatable bonds is 10. The van der Waals surface area contributed by atoms with Crippen LogP contribution in [0.3, 0.4) is 0 Å². The molecule has 1 amide bonds. The quantitative estimate of drug-likeness (QED) is 0.198. The zero-order valence-electron chi connectivity index (χ0n) is 16.4. The molecule has 0 aliphatic carbocycles. The van der Waals surface area contributed by atoms with E-state index in [2.05, 4.69) is 10.3 Å². The number of carboxylic acids is 1. The Kier molecular flexibility index (Phi) is 11.5. The maximum atomic E-state index is 12.4. The molecule has 1 aromatic rings. The van der Waals surface area contributed by atoms with Crippen molar-refractivity contribution < 1.29 is 34.0 Å². The van der Waals surface area contributed by atoms with Crippen molar-refractivity contribution in [2.24, 2.45) is 16.5 Å². The van der Waals surface area contributed by atoms with E-state index in [0.717, 1.165) is 7.11 Å². The summed E-state index contributed by atoms with van der Waals surface area (Å²) in [4.78, 5) is 27.6. The number of aliphatic imine (C=N–C) groups is 1. The fourth-order valence-corrected chi connectivity index (χ4v) is 2.21. The van der Waals surface area contributed by atoms with Gasteiger partial charge in [0.05, 0.1) is 21.3 Å². The summed E-state index contributed by atoms with van der Waals surface area (Å²) in [6.45, 7) is 0.270. The monoisotopic (exact) mass is 400 g/mol. The van der Waals surface area contributed by atoms with Crippen LogP contribution in [0.15, 0.2) is 17.1 Å². The molecule has 7 N–H and O–H groups in total. The Morgan fingerprint density at radius 3 is 2.04 bits per heavy atom. The topological polar surface area (TPSA) is 179 Å². The number of amides is 1. The highest BCUT2D eigenvalue weighted by molar-refractivity contribution is 5.97. The van der Waals surface area contributed by atoms with Crippen LogP contribution in [0.1, 0.15) is 23.2 Å². The smallest absolute Gasteiger partial charge is 0.326 e. The van der Waals surface area contributed by atoms with Gasteiger partial charge >= 0.3 is 5.97 Å². The number of methoxy groups -OCH3 is 3. The van der Waals surface area contributed by atoms with Crippen molar-refractivity contribution in [1.29, 1.82) is 0 Å². The zero-order valence-corrected chi connectivity index (χ0v) is 16.4. The summed E-state index contributed by atoms with van der Waals surface area (Å²) in [7, 11) is 5.28. The summed E-state index contributed by atoms with van der Waals surface area (Å²) < 4.78 is 15.6. The summed E-state index contributed by atoms with van der Waals surface area (Å²) in [5.74, 6) is -0.904. The van der Waals surface area contributed by atoms with Gasteiger partial charge in [-0.3, -0.25) is 9.79 Å². The van der Waals surface area contributed by atoms with E-state index in [0.29, 0.717) is 12.2 Å². The molecule has 0 aliphatic rings. The van der Waals surface area contributed by atoms with Crippen LogP contribution in [0.5, 0.6) is 17.2 Å². The predicted octanol–water partition coefficient (Wildman–Crippen LogP) is -0.442. The molecule has 0 saturated heterocycles. The van der Waals surface area contributed by atoms with Crippen molar-refractivity contribution in [2.75, 3.05) is 35.0 Å². The number of ether oxygens (including phenoxy) is 3. The van der Waals surface area contributed by atoms with Crippen LogP contribution >= 0.6 is 0 Å². The van der Waals surface area contributed by atoms with Crippen molar-refractivity contribution >= 4 is 17.8 Å². The lowest BCUT2D eigenvalue weighted by atomic mass is 10.1. The third-order valence-electron chi connectivity index (χ3n) is 3.48. The molecule has 1 atom stereocenters. The lowest BCUT2D eigenvalue weighted by Crippen LogP contribution is -2.40. The van der Waals surface area contributed by atoms with E-state index in [9.17, 15) is 14.7 Å². The second kappa shape index (κ2) is 13.0. The highest BCUT2D eigenvalue weighted by Crippen LogP contribution is 2.38. The minimum absolute atomic E-state index is 0.0710. The number of carbonyl (C=O) groups excluding carboxylic acids is 1. The number of nitrogens with two attached hydrogens (primary N) is 2. The van der Waals surface area contributed by atoms with Gasteiger partial charge in [-0.15, -0.1) is 0 Å². The molecule has 1 aromatic carbocycles. The Balaban J connectivity index is 0.00000352. The Morgan fingerprint density at radius 1 is 1.11 bits per heavy atom. The molecule has 0 spiro atoms. The summed E-state index contributed by atoms with van der Waals surface area (Å²) in [6.07, 6.45) is 0.562. The zero-order chi connectivity index (χ0) is 21.7. The number of carboxylic acid groups (broad SMARTS) is 1. The summed E-state index contributed by atoms with van der Waals surface area (Å²) in [5, 5.41) is 18.8. The van der Waals surface area contributed by atoms with Crippen molar-refractivity contribution in [3.8, 4) is 17.2 Å². The summed E-state index contributed by atoms with van der Waals surface area (Å²) >= 11 is 0. The maximum Gasteiger partial charge on any atom is 0.326 e. The first kappa shape index (κ1) is 24.8. The van der Waals surface area contributed by atoms with Crippen molar-refractivity contribution in [2.45, 2.75) is 18.9 Å². The summed E-state index contributed by atoms with van der Waals surface area (Å²) in [6, 6.07) is 1.79. The van der Waals surface area contributed by atoms with Crippen LogP contribution in [-0.4, -0.2) is 69.1 Å². The number of aliphatic hydroxyl groups excluding tert-OH is 1. The summed E-state index contributed by atoms with van der Waals surface area (Å²) in [5.41, 5.74) is 10.6. The molecule has 0 bridgehead atoms. The number of benzene rings is 1. The molecule has 28 heavy (non-hydrogen) atoms. The number of carbonyl (C=O) groups is 2. The number of nitrogens with zero attached hydrogens (tertiary/aromatic N) is 1. The van der Waals surface area contributed by atoms with Crippen molar-refractivity contribution in [3.05, 3.63) is 17.7 Å². The van der Waals surface area contributed by atoms with Gasteiger partial charge < -0.3 is 41.2 Å². The SMILES string of the molecule is CO.COc1cc(C(=O)NC(CCCN=C(N)N)C(=O)O)cc(OC)c1OC. The van der Waals surface area contributed by atoms with Gasteiger partial charge in [-0.05, 0) is 25.0 Å². The molecule has 0 aliphatic heterocycles. The lowest BCUT2D eigenvalue weighted by Gasteiger charge is -2.16. The Bertz CT molecular complexity index is 650. The fraction of sp³-hybridized carbons (Fsp3) is 0.471. The van der Waals surface area contributed by atoms with Crippen molar-refractivity contribution in [1.82, 2.24) is 5.32 Å². The van der Waals surface area contributed by atoms with Crippen LogP contribution in [-0.2, 0) is 4.79 Å². The van der Waals surface area contributed by atoms with Gasteiger partial charge in [0, 0.05) is 19.2 Å². The highest BCUT2D eigenvalue weighted by atomic mass is 16.5. The largest absolute Gasteiger partial charge is 0.493 e. The molecule has 0 saturated carbocycles. The van der Waals surface area contributed by atoms with E-state index in [1.165, 1.54) is 33.5 Å². The van der Waals surface area contributed by atoms with Crippen LogP contribution in [0, 0.1) is 0 Å². The molecule has 1 rings (SSSR count). The predicted molar refractivity (Wildman–Crippen MR) is 103 cm³/mol. The van der Waals surface area contributed by atoms with E-state index in [1.807, 2.05) is 0 Å². The average Bonchev–Trinajstić information content (AvgIpc) is 2.69. The van der Waals surface area contributed by atoms with Gasteiger partial charge in [-0.25, -0.2) is 4.79 Å². The number of hydrogen-bond acceptors (Lipinski definition) is 7. The van der Waals surface area contributed by atoms with Gasteiger partial charge in [0.15, 0.2) is 17.5 Å². The standard InChI is InChI=1S/C16H24N4O6.CH4O/c1-24-11-7-9(8-12(25-2)13(11)26-3)14(21)20-10(15(22)23)5-4-6-19-16(17)18;1-2/h7-8,10H,4-6H2,1-3H3,(H,20,21)(H,22,23)(H4,17,18,19);2H,1H3. The number of aliphatic carboxylic acids is 1. The van der Waals surface area contributed by atoms with E-state index in [1.54, 1.807) is 0 Å². The number of aliphatic hydroxyl groups is 1. The van der Waals surface area contributed by atoms with Gasteiger partial charge in [-0.1, -0.05) is 0 Å².